The molecular formula is C13H6ClFN2O3. The van der Waals surface area contributed by atoms with Crippen LogP contribution in [0.3, 0.4) is 0 Å². The number of nitrogens with zero attached hydrogens (tertiary/aromatic N) is 2. The van der Waals surface area contributed by atoms with Gasteiger partial charge in [-0.2, -0.15) is 5.26 Å². The third-order valence-corrected chi connectivity index (χ3v) is 2.74. The quantitative estimate of drug-likeness (QED) is 0.631. The van der Waals surface area contributed by atoms with Crippen LogP contribution in [0.2, 0.25) is 5.02 Å². The molecule has 2 aromatic carbocycles. The summed E-state index contributed by atoms with van der Waals surface area (Å²) in [6.07, 6.45) is 0. The van der Waals surface area contributed by atoms with Gasteiger partial charge < -0.3 is 4.74 Å². The van der Waals surface area contributed by atoms with Gasteiger partial charge >= 0.3 is 5.69 Å². The molecule has 0 aliphatic heterocycles. The molecule has 2 rings (SSSR count). The molecule has 0 atom stereocenters. The summed E-state index contributed by atoms with van der Waals surface area (Å²) < 4.78 is 18.7. The minimum Gasteiger partial charge on any atom is -0.447 e. The van der Waals surface area contributed by atoms with Gasteiger partial charge in [0.2, 0.25) is 5.75 Å². The van der Waals surface area contributed by atoms with E-state index in [0.717, 1.165) is 6.07 Å². The van der Waals surface area contributed by atoms with Gasteiger partial charge in [-0.05, 0) is 18.2 Å². The molecule has 0 aromatic heterocycles. The summed E-state index contributed by atoms with van der Waals surface area (Å²) >= 11 is 5.85. The van der Waals surface area contributed by atoms with E-state index in [4.69, 9.17) is 21.6 Å². The molecule has 0 spiro atoms. The third-order valence-electron chi connectivity index (χ3n) is 2.44. The molecule has 5 nitrogen and oxygen atoms in total. The number of para-hydroxylation sites is 1. The molecule has 0 radical (unpaired) electrons. The zero-order valence-electron chi connectivity index (χ0n) is 9.84. The molecule has 0 fully saturated rings. The summed E-state index contributed by atoms with van der Waals surface area (Å²) in [5, 5.41) is 19.8. The minimum atomic E-state index is -0.778. The van der Waals surface area contributed by atoms with Crippen LogP contribution in [0, 0.1) is 27.3 Å². The van der Waals surface area contributed by atoms with E-state index in [1.165, 1.54) is 30.3 Å². The van der Waals surface area contributed by atoms with Crippen molar-refractivity contribution in [2.24, 2.45) is 0 Å². The van der Waals surface area contributed by atoms with Crippen molar-refractivity contribution in [1.29, 1.82) is 5.26 Å². The smallest absolute Gasteiger partial charge is 0.313 e. The van der Waals surface area contributed by atoms with Gasteiger partial charge in [0.05, 0.1) is 9.95 Å². The summed E-state index contributed by atoms with van der Waals surface area (Å²) in [6.45, 7) is 0. The van der Waals surface area contributed by atoms with Gasteiger partial charge in [0.25, 0.3) is 0 Å². The van der Waals surface area contributed by atoms with E-state index >= 15 is 0 Å². The van der Waals surface area contributed by atoms with Crippen LogP contribution < -0.4 is 4.74 Å². The molecule has 100 valence electrons. The number of hydrogen-bond donors (Lipinski definition) is 0. The average Bonchev–Trinajstić information content (AvgIpc) is 2.41. The molecule has 0 heterocycles. The predicted octanol–water partition coefficient (Wildman–Crippen LogP) is 4.05. The number of benzene rings is 2. The Hall–Kier alpha value is -2.65. The van der Waals surface area contributed by atoms with Gasteiger partial charge in [-0.3, -0.25) is 10.1 Å². The Morgan fingerprint density at radius 3 is 2.65 bits per heavy atom. The Labute approximate surface area is 117 Å². The van der Waals surface area contributed by atoms with Crippen LogP contribution >= 0.6 is 11.6 Å². The first-order valence-corrected chi connectivity index (χ1v) is 5.71. The standard InChI is InChI=1S/C13H6ClFN2O3/c14-9-3-1-5-11(17(18)19)13(9)20-12-6-2-4-10(15)8(12)7-16/h1-6H. The van der Waals surface area contributed by atoms with E-state index in [9.17, 15) is 14.5 Å². The van der Waals surface area contributed by atoms with Gasteiger partial charge in [-0.25, -0.2) is 4.39 Å². The van der Waals surface area contributed by atoms with Gasteiger partial charge in [-0.1, -0.05) is 23.7 Å². The fourth-order valence-electron chi connectivity index (χ4n) is 1.55. The van der Waals surface area contributed by atoms with Crippen molar-refractivity contribution in [2.45, 2.75) is 0 Å². The fraction of sp³-hybridized carbons (Fsp3) is 0. The number of ether oxygens (including phenoxy) is 1. The van der Waals surface area contributed by atoms with E-state index in [1.54, 1.807) is 6.07 Å². The lowest BCUT2D eigenvalue weighted by molar-refractivity contribution is -0.385. The monoisotopic (exact) mass is 292 g/mol. The SMILES string of the molecule is N#Cc1c(F)cccc1Oc1c(Cl)cccc1[N+](=O)[O-]. The summed E-state index contributed by atoms with van der Waals surface area (Å²) in [5.41, 5.74) is -0.715. The number of nitro benzene ring substituents is 1. The van der Waals surface area contributed by atoms with Crippen LogP contribution in [0.15, 0.2) is 36.4 Å². The summed E-state index contributed by atoms with van der Waals surface area (Å²) in [7, 11) is 0. The molecule has 20 heavy (non-hydrogen) atoms. The number of nitro groups is 1. The third kappa shape index (κ3) is 2.53. The molecule has 2 aromatic rings. The molecule has 0 bridgehead atoms. The first-order chi connectivity index (χ1) is 9.54. The van der Waals surface area contributed by atoms with E-state index < -0.39 is 10.7 Å². The number of hydrogen-bond acceptors (Lipinski definition) is 4. The van der Waals surface area contributed by atoms with Crippen molar-refractivity contribution >= 4 is 17.3 Å². The minimum absolute atomic E-state index is 0.00708. The van der Waals surface area contributed by atoms with Crippen LogP contribution in [0.25, 0.3) is 0 Å². The molecule has 0 aliphatic carbocycles. The Kier molecular flexibility index (Phi) is 3.82. The Balaban J connectivity index is 2.54. The highest BCUT2D eigenvalue weighted by atomic mass is 35.5. The van der Waals surface area contributed by atoms with Gasteiger partial charge in [0.1, 0.15) is 23.2 Å². The lowest BCUT2D eigenvalue weighted by Gasteiger charge is -2.09. The van der Waals surface area contributed by atoms with E-state index in [-0.39, 0.29) is 27.8 Å². The topological polar surface area (TPSA) is 76.2 Å². The molecule has 7 heteroatoms. The van der Waals surface area contributed by atoms with Gasteiger partial charge in [0, 0.05) is 6.07 Å². The maximum Gasteiger partial charge on any atom is 0.313 e. The normalized spacial score (nSPS) is 9.85. The van der Waals surface area contributed by atoms with Crippen molar-refractivity contribution in [3.63, 3.8) is 0 Å². The molecule has 0 amide bonds. The molecule has 0 saturated carbocycles. The first-order valence-electron chi connectivity index (χ1n) is 5.34. The largest absolute Gasteiger partial charge is 0.447 e. The Morgan fingerprint density at radius 2 is 2.00 bits per heavy atom. The fourth-order valence-corrected chi connectivity index (χ4v) is 1.76. The van der Waals surface area contributed by atoms with E-state index in [2.05, 4.69) is 0 Å². The van der Waals surface area contributed by atoms with Crippen molar-refractivity contribution in [1.82, 2.24) is 0 Å². The molecule has 0 N–H and O–H groups in total. The Bertz CT molecular complexity index is 728. The lowest BCUT2D eigenvalue weighted by Crippen LogP contribution is -1.96. The lowest BCUT2D eigenvalue weighted by atomic mass is 10.2. The van der Waals surface area contributed by atoms with Crippen LogP contribution in [0.5, 0.6) is 11.5 Å². The Morgan fingerprint density at radius 1 is 1.30 bits per heavy atom. The van der Waals surface area contributed by atoms with Crippen LogP contribution in [-0.2, 0) is 0 Å². The van der Waals surface area contributed by atoms with Crippen LogP contribution in [-0.4, -0.2) is 4.92 Å². The van der Waals surface area contributed by atoms with E-state index in [0.29, 0.717) is 0 Å². The van der Waals surface area contributed by atoms with Crippen LogP contribution in [0.1, 0.15) is 5.56 Å². The highest BCUT2D eigenvalue weighted by Crippen LogP contribution is 2.38. The number of rotatable bonds is 3. The summed E-state index contributed by atoms with van der Waals surface area (Å²) in [5.74, 6) is -1.15. The molecular weight excluding hydrogens is 287 g/mol. The van der Waals surface area contributed by atoms with Crippen molar-refractivity contribution in [3.8, 4) is 17.6 Å². The van der Waals surface area contributed by atoms with Gasteiger partial charge in [0.15, 0.2) is 0 Å². The average molecular weight is 293 g/mol. The summed E-state index contributed by atoms with van der Waals surface area (Å²) in [6, 6.07) is 9.38. The maximum atomic E-state index is 13.4. The molecule has 0 saturated heterocycles. The van der Waals surface area contributed by atoms with Crippen molar-refractivity contribution in [3.05, 3.63) is 62.9 Å². The molecule has 0 aliphatic rings. The maximum absolute atomic E-state index is 13.4. The zero-order chi connectivity index (χ0) is 14.7. The molecule has 0 unspecified atom stereocenters. The zero-order valence-corrected chi connectivity index (χ0v) is 10.6. The second-order valence-corrected chi connectivity index (χ2v) is 4.08. The van der Waals surface area contributed by atoms with Crippen molar-refractivity contribution in [2.75, 3.05) is 0 Å². The highest BCUT2D eigenvalue weighted by molar-refractivity contribution is 6.32. The number of halogens is 2. The highest BCUT2D eigenvalue weighted by Gasteiger charge is 2.21. The van der Waals surface area contributed by atoms with Crippen LogP contribution in [0.4, 0.5) is 10.1 Å². The predicted molar refractivity (Wildman–Crippen MR) is 69.3 cm³/mol. The van der Waals surface area contributed by atoms with Crippen molar-refractivity contribution < 1.29 is 14.1 Å². The number of nitriles is 1. The first kappa shape index (κ1) is 13.8. The second-order valence-electron chi connectivity index (χ2n) is 3.67. The van der Waals surface area contributed by atoms with E-state index in [1.807, 2.05) is 0 Å². The second kappa shape index (κ2) is 5.55. The summed E-state index contributed by atoms with van der Waals surface area (Å²) in [4.78, 5) is 10.2. The van der Waals surface area contributed by atoms with Gasteiger partial charge in [-0.15, -0.1) is 0 Å².